The summed E-state index contributed by atoms with van der Waals surface area (Å²) < 4.78 is 5.66. The lowest BCUT2D eigenvalue weighted by Gasteiger charge is -2.11. The monoisotopic (exact) mass is 314 g/mol. The van der Waals surface area contributed by atoms with E-state index in [0.717, 1.165) is 11.1 Å². The first kappa shape index (κ1) is 14.7. The van der Waals surface area contributed by atoms with Gasteiger partial charge in [0, 0.05) is 29.0 Å². The van der Waals surface area contributed by atoms with Gasteiger partial charge in [-0.2, -0.15) is 0 Å². The quantitative estimate of drug-likeness (QED) is 0.779. The van der Waals surface area contributed by atoms with E-state index < -0.39 is 0 Å². The zero-order chi connectivity index (χ0) is 15.4. The summed E-state index contributed by atoms with van der Waals surface area (Å²) in [6.45, 7) is 2.57. The van der Waals surface area contributed by atoms with Crippen LogP contribution in [0, 0.1) is 0 Å². The summed E-state index contributed by atoms with van der Waals surface area (Å²) in [7, 11) is 0. The molecule has 112 valence electrons. The van der Waals surface area contributed by atoms with Gasteiger partial charge < -0.3 is 9.73 Å². The van der Waals surface area contributed by atoms with Crippen molar-refractivity contribution in [1.82, 2.24) is 20.5 Å². The van der Waals surface area contributed by atoms with Crippen LogP contribution >= 0.6 is 11.6 Å². The van der Waals surface area contributed by atoms with Gasteiger partial charge in [0.25, 0.3) is 0 Å². The van der Waals surface area contributed by atoms with E-state index in [1.807, 2.05) is 24.3 Å². The summed E-state index contributed by atoms with van der Waals surface area (Å²) >= 11 is 5.96. The lowest BCUT2D eigenvalue weighted by molar-refractivity contribution is 0.454. The van der Waals surface area contributed by atoms with Crippen molar-refractivity contribution in [2.24, 2.45) is 0 Å². The maximum Gasteiger partial charge on any atom is 0.247 e. The highest BCUT2D eigenvalue weighted by atomic mass is 35.5. The number of nitrogens with one attached hydrogen (secondary N) is 1. The third-order valence-corrected chi connectivity index (χ3v) is 3.54. The molecule has 22 heavy (non-hydrogen) atoms. The SMILES string of the molecule is C[C@@H](NCc1nnc(-c2cccc(Cl)c2)o1)c1ccncc1. The molecule has 0 fully saturated rings. The van der Waals surface area contributed by atoms with E-state index in [9.17, 15) is 0 Å². The van der Waals surface area contributed by atoms with E-state index >= 15 is 0 Å². The predicted octanol–water partition coefficient (Wildman–Crippen LogP) is 3.64. The molecule has 0 aliphatic rings. The van der Waals surface area contributed by atoms with Gasteiger partial charge in [0.2, 0.25) is 11.8 Å². The second-order valence-electron chi connectivity index (χ2n) is 4.89. The number of halogens is 1. The Morgan fingerprint density at radius 2 is 2.00 bits per heavy atom. The molecule has 5 nitrogen and oxygen atoms in total. The van der Waals surface area contributed by atoms with Crippen molar-refractivity contribution in [1.29, 1.82) is 0 Å². The van der Waals surface area contributed by atoms with Gasteiger partial charge in [-0.15, -0.1) is 10.2 Å². The van der Waals surface area contributed by atoms with Crippen molar-refractivity contribution in [3.63, 3.8) is 0 Å². The van der Waals surface area contributed by atoms with Crippen LogP contribution in [0.15, 0.2) is 53.2 Å². The van der Waals surface area contributed by atoms with Gasteiger partial charge in [0.15, 0.2) is 0 Å². The summed E-state index contributed by atoms with van der Waals surface area (Å²) in [6.07, 6.45) is 3.55. The van der Waals surface area contributed by atoms with E-state index in [2.05, 4.69) is 27.4 Å². The normalized spacial score (nSPS) is 12.3. The van der Waals surface area contributed by atoms with Gasteiger partial charge in [-0.1, -0.05) is 17.7 Å². The summed E-state index contributed by atoms with van der Waals surface area (Å²) in [4.78, 5) is 4.01. The topological polar surface area (TPSA) is 63.8 Å². The number of hydrogen-bond acceptors (Lipinski definition) is 5. The average Bonchev–Trinajstić information content (AvgIpc) is 3.02. The minimum Gasteiger partial charge on any atom is -0.419 e. The van der Waals surface area contributed by atoms with Crippen molar-refractivity contribution < 1.29 is 4.42 Å². The molecule has 1 atom stereocenters. The van der Waals surface area contributed by atoms with Gasteiger partial charge in [-0.05, 0) is 42.8 Å². The largest absolute Gasteiger partial charge is 0.419 e. The van der Waals surface area contributed by atoms with E-state index in [0.29, 0.717) is 23.3 Å². The smallest absolute Gasteiger partial charge is 0.247 e. The molecule has 0 unspecified atom stereocenters. The third kappa shape index (κ3) is 3.50. The maximum atomic E-state index is 5.96. The van der Waals surface area contributed by atoms with Crippen LogP contribution in [0.2, 0.25) is 5.02 Å². The molecule has 1 aromatic carbocycles. The zero-order valence-corrected chi connectivity index (χ0v) is 12.8. The van der Waals surface area contributed by atoms with Crippen molar-refractivity contribution in [2.45, 2.75) is 19.5 Å². The minimum absolute atomic E-state index is 0.171. The molecule has 0 radical (unpaired) electrons. The summed E-state index contributed by atoms with van der Waals surface area (Å²) in [6, 6.07) is 11.5. The fourth-order valence-corrected chi connectivity index (χ4v) is 2.26. The highest BCUT2D eigenvalue weighted by molar-refractivity contribution is 6.30. The minimum atomic E-state index is 0.171. The number of benzene rings is 1. The Labute approximate surface area is 133 Å². The molecule has 3 rings (SSSR count). The Balaban J connectivity index is 1.65. The number of pyridine rings is 1. The number of nitrogens with zero attached hydrogens (tertiary/aromatic N) is 3. The first-order valence-corrected chi connectivity index (χ1v) is 7.32. The number of hydrogen-bond donors (Lipinski definition) is 1. The standard InChI is InChI=1S/C16H15ClN4O/c1-11(12-5-7-18-8-6-12)19-10-15-20-21-16(22-15)13-3-2-4-14(17)9-13/h2-9,11,19H,10H2,1H3/t11-/m1/s1. The van der Waals surface area contributed by atoms with Gasteiger partial charge in [-0.25, -0.2) is 0 Å². The second kappa shape index (κ2) is 6.68. The van der Waals surface area contributed by atoms with Crippen molar-refractivity contribution in [3.05, 3.63) is 65.3 Å². The summed E-state index contributed by atoms with van der Waals surface area (Å²) in [5, 5.41) is 12.1. The second-order valence-corrected chi connectivity index (χ2v) is 5.33. The number of rotatable bonds is 5. The summed E-state index contributed by atoms with van der Waals surface area (Å²) in [5.41, 5.74) is 1.97. The van der Waals surface area contributed by atoms with Gasteiger partial charge in [-0.3, -0.25) is 4.98 Å². The molecular weight excluding hydrogens is 300 g/mol. The van der Waals surface area contributed by atoms with Crippen LogP contribution in [-0.4, -0.2) is 15.2 Å². The Morgan fingerprint density at radius 3 is 2.77 bits per heavy atom. The maximum absolute atomic E-state index is 5.96. The van der Waals surface area contributed by atoms with Gasteiger partial charge in [0.1, 0.15) is 0 Å². The lowest BCUT2D eigenvalue weighted by atomic mass is 10.1. The Morgan fingerprint density at radius 1 is 1.18 bits per heavy atom. The third-order valence-electron chi connectivity index (χ3n) is 3.30. The molecule has 0 aliphatic heterocycles. The molecule has 0 aliphatic carbocycles. The van der Waals surface area contributed by atoms with Crippen molar-refractivity contribution in [2.75, 3.05) is 0 Å². The van der Waals surface area contributed by atoms with E-state index in [1.54, 1.807) is 24.5 Å². The molecule has 2 heterocycles. The Bertz CT molecular complexity index is 745. The molecule has 0 amide bonds. The Kier molecular flexibility index (Phi) is 4.46. The van der Waals surface area contributed by atoms with Gasteiger partial charge in [0.05, 0.1) is 6.54 Å². The first-order chi connectivity index (χ1) is 10.7. The van der Waals surface area contributed by atoms with Crippen LogP contribution in [0.4, 0.5) is 0 Å². The molecule has 0 saturated carbocycles. The van der Waals surface area contributed by atoms with E-state index in [4.69, 9.17) is 16.0 Å². The van der Waals surface area contributed by atoms with Gasteiger partial charge >= 0.3 is 0 Å². The lowest BCUT2D eigenvalue weighted by Crippen LogP contribution is -2.18. The number of aromatic nitrogens is 3. The molecule has 1 N–H and O–H groups in total. The Hall–Kier alpha value is -2.24. The van der Waals surface area contributed by atoms with E-state index in [1.165, 1.54) is 0 Å². The van der Waals surface area contributed by atoms with E-state index in [-0.39, 0.29) is 6.04 Å². The molecular formula is C16H15ClN4O. The first-order valence-electron chi connectivity index (χ1n) is 6.94. The van der Waals surface area contributed by atoms with Crippen LogP contribution in [0.3, 0.4) is 0 Å². The predicted molar refractivity (Wildman–Crippen MR) is 84.2 cm³/mol. The molecule has 0 saturated heterocycles. The van der Waals surface area contributed by atoms with Crippen LogP contribution in [0.25, 0.3) is 11.5 Å². The van der Waals surface area contributed by atoms with Crippen LogP contribution < -0.4 is 5.32 Å². The molecule has 6 heteroatoms. The molecule has 3 aromatic rings. The molecule has 2 aromatic heterocycles. The van der Waals surface area contributed by atoms with Crippen molar-refractivity contribution in [3.8, 4) is 11.5 Å². The molecule has 0 bridgehead atoms. The molecule has 0 spiro atoms. The highest BCUT2D eigenvalue weighted by Crippen LogP contribution is 2.21. The van der Waals surface area contributed by atoms with Crippen molar-refractivity contribution >= 4 is 11.6 Å². The van der Waals surface area contributed by atoms with Crippen LogP contribution in [0.5, 0.6) is 0 Å². The van der Waals surface area contributed by atoms with Crippen LogP contribution in [-0.2, 0) is 6.54 Å². The fourth-order valence-electron chi connectivity index (χ4n) is 2.07. The fraction of sp³-hybridized carbons (Fsp3) is 0.188. The average molecular weight is 315 g/mol. The zero-order valence-electron chi connectivity index (χ0n) is 12.0. The highest BCUT2D eigenvalue weighted by Gasteiger charge is 2.10. The van der Waals surface area contributed by atoms with Crippen LogP contribution in [0.1, 0.15) is 24.4 Å². The summed E-state index contributed by atoms with van der Waals surface area (Å²) in [5.74, 6) is 1.01.